The molecule has 0 spiro atoms. The van der Waals surface area contributed by atoms with Crippen LogP contribution in [0.5, 0.6) is 0 Å². The molecular formula is C14H11ClFNO2. The molecule has 0 radical (unpaired) electrons. The lowest BCUT2D eigenvalue weighted by Gasteiger charge is -2.17. The number of hydrogen-bond donors (Lipinski definition) is 2. The SMILES string of the molecule is O=C(O)C(Nc1ccc(F)cc1Cl)c1ccccc1. The van der Waals surface area contributed by atoms with Gasteiger partial charge in [-0.2, -0.15) is 0 Å². The summed E-state index contributed by atoms with van der Waals surface area (Å²) in [5.41, 5.74) is 0.967. The highest BCUT2D eigenvalue weighted by atomic mass is 35.5. The van der Waals surface area contributed by atoms with E-state index in [0.717, 1.165) is 6.07 Å². The van der Waals surface area contributed by atoms with Gasteiger partial charge in [0.05, 0.1) is 10.7 Å². The lowest BCUT2D eigenvalue weighted by atomic mass is 10.1. The monoisotopic (exact) mass is 279 g/mol. The zero-order valence-corrected chi connectivity index (χ0v) is 10.6. The minimum absolute atomic E-state index is 0.141. The predicted octanol–water partition coefficient (Wildman–Crippen LogP) is 3.72. The van der Waals surface area contributed by atoms with Gasteiger partial charge in [-0.05, 0) is 23.8 Å². The Morgan fingerprint density at radius 2 is 1.89 bits per heavy atom. The van der Waals surface area contributed by atoms with Crippen molar-refractivity contribution in [2.24, 2.45) is 0 Å². The first kappa shape index (κ1) is 13.4. The van der Waals surface area contributed by atoms with Crippen molar-refractivity contribution in [1.82, 2.24) is 0 Å². The van der Waals surface area contributed by atoms with Gasteiger partial charge >= 0.3 is 5.97 Å². The fraction of sp³-hybridized carbons (Fsp3) is 0.0714. The molecule has 0 aromatic heterocycles. The molecule has 0 heterocycles. The quantitative estimate of drug-likeness (QED) is 0.897. The highest BCUT2D eigenvalue weighted by Crippen LogP contribution is 2.27. The largest absolute Gasteiger partial charge is 0.479 e. The second-order valence-corrected chi connectivity index (χ2v) is 4.36. The van der Waals surface area contributed by atoms with Crippen LogP contribution in [0.3, 0.4) is 0 Å². The van der Waals surface area contributed by atoms with E-state index in [1.54, 1.807) is 30.3 Å². The molecule has 2 rings (SSSR count). The number of carboxylic acid groups (broad SMARTS) is 1. The van der Waals surface area contributed by atoms with E-state index >= 15 is 0 Å². The number of hydrogen-bond acceptors (Lipinski definition) is 2. The number of halogens is 2. The lowest BCUT2D eigenvalue weighted by Crippen LogP contribution is -2.20. The Kier molecular flexibility index (Phi) is 4.02. The molecule has 0 saturated heterocycles. The first-order valence-electron chi connectivity index (χ1n) is 5.57. The van der Waals surface area contributed by atoms with Gasteiger partial charge in [-0.1, -0.05) is 41.9 Å². The molecule has 0 aliphatic rings. The van der Waals surface area contributed by atoms with Gasteiger partial charge in [-0.3, -0.25) is 0 Å². The lowest BCUT2D eigenvalue weighted by molar-refractivity contribution is -0.138. The molecule has 2 aromatic rings. The Hall–Kier alpha value is -2.07. The normalized spacial score (nSPS) is 11.9. The Labute approximate surface area is 114 Å². The van der Waals surface area contributed by atoms with Gasteiger partial charge in [0.1, 0.15) is 5.82 Å². The molecule has 0 aliphatic carbocycles. The standard InChI is InChI=1S/C14H11ClFNO2/c15-11-8-10(16)6-7-12(11)17-13(14(18)19)9-4-2-1-3-5-9/h1-8,13,17H,(H,18,19). The van der Waals surface area contributed by atoms with E-state index in [1.165, 1.54) is 12.1 Å². The van der Waals surface area contributed by atoms with Crippen LogP contribution < -0.4 is 5.32 Å². The summed E-state index contributed by atoms with van der Waals surface area (Å²) in [4.78, 5) is 11.3. The van der Waals surface area contributed by atoms with Crippen molar-refractivity contribution in [3.63, 3.8) is 0 Å². The van der Waals surface area contributed by atoms with Crippen LogP contribution in [0.2, 0.25) is 5.02 Å². The first-order valence-corrected chi connectivity index (χ1v) is 5.95. The predicted molar refractivity (Wildman–Crippen MR) is 71.9 cm³/mol. The molecule has 19 heavy (non-hydrogen) atoms. The summed E-state index contributed by atoms with van der Waals surface area (Å²) in [5.74, 6) is -1.51. The minimum atomic E-state index is -1.04. The molecule has 98 valence electrons. The van der Waals surface area contributed by atoms with Crippen molar-refractivity contribution in [2.75, 3.05) is 5.32 Å². The molecule has 0 amide bonds. The van der Waals surface area contributed by atoms with Crippen LogP contribution in [0.4, 0.5) is 10.1 Å². The second kappa shape index (κ2) is 5.71. The topological polar surface area (TPSA) is 49.3 Å². The summed E-state index contributed by atoms with van der Waals surface area (Å²) in [6, 6.07) is 11.5. The summed E-state index contributed by atoms with van der Waals surface area (Å²) in [6.07, 6.45) is 0. The summed E-state index contributed by atoms with van der Waals surface area (Å²) >= 11 is 5.87. The average molecular weight is 280 g/mol. The van der Waals surface area contributed by atoms with Crippen molar-refractivity contribution in [3.05, 3.63) is 64.9 Å². The Bertz CT molecular complexity index is 589. The van der Waals surface area contributed by atoms with Crippen LogP contribution in [0.15, 0.2) is 48.5 Å². The van der Waals surface area contributed by atoms with E-state index in [4.69, 9.17) is 11.6 Å². The number of rotatable bonds is 4. The summed E-state index contributed by atoms with van der Waals surface area (Å²) in [6.45, 7) is 0. The third-order valence-electron chi connectivity index (χ3n) is 2.61. The van der Waals surface area contributed by atoms with Crippen molar-refractivity contribution in [3.8, 4) is 0 Å². The van der Waals surface area contributed by atoms with E-state index in [1.807, 2.05) is 0 Å². The third kappa shape index (κ3) is 3.23. The molecule has 1 unspecified atom stereocenters. The van der Waals surface area contributed by atoms with Crippen LogP contribution >= 0.6 is 11.6 Å². The van der Waals surface area contributed by atoms with Crippen LogP contribution in [0.25, 0.3) is 0 Å². The molecule has 3 nitrogen and oxygen atoms in total. The van der Waals surface area contributed by atoms with Crippen molar-refractivity contribution in [1.29, 1.82) is 0 Å². The smallest absolute Gasteiger partial charge is 0.330 e. The summed E-state index contributed by atoms with van der Waals surface area (Å²) < 4.78 is 12.9. The van der Waals surface area contributed by atoms with Gasteiger partial charge in [-0.15, -0.1) is 0 Å². The van der Waals surface area contributed by atoms with Gasteiger partial charge < -0.3 is 10.4 Å². The maximum absolute atomic E-state index is 12.9. The second-order valence-electron chi connectivity index (χ2n) is 3.95. The van der Waals surface area contributed by atoms with Gasteiger partial charge in [0.2, 0.25) is 0 Å². The minimum Gasteiger partial charge on any atom is -0.479 e. The summed E-state index contributed by atoms with van der Waals surface area (Å²) in [7, 11) is 0. The number of aliphatic carboxylic acids is 1. The maximum Gasteiger partial charge on any atom is 0.330 e. The number of anilines is 1. The van der Waals surface area contributed by atoms with Crippen molar-refractivity contribution in [2.45, 2.75) is 6.04 Å². The van der Waals surface area contributed by atoms with Gasteiger partial charge in [0, 0.05) is 0 Å². The van der Waals surface area contributed by atoms with Gasteiger partial charge in [0.25, 0.3) is 0 Å². The first-order chi connectivity index (χ1) is 9.08. The molecule has 0 saturated carbocycles. The molecule has 0 fully saturated rings. The van der Waals surface area contributed by atoms with Crippen LogP contribution in [-0.4, -0.2) is 11.1 Å². The summed E-state index contributed by atoms with van der Waals surface area (Å²) in [5, 5.41) is 12.2. The fourth-order valence-corrected chi connectivity index (χ4v) is 1.92. The molecule has 1 atom stereocenters. The van der Waals surface area contributed by atoms with E-state index in [9.17, 15) is 14.3 Å². The Morgan fingerprint density at radius 1 is 1.21 bits per heavy atom. The van der Waals surface area contributed by atoms with E-state index < -0.39 is 17.8 Å². The third-order valence-corrected chi connectivity index (χ3v) is 2.92. The zero-order chi connectivity index (χ0) is 13.8. The molecule has 2 aromatic carbocycles. The molecular weight excluding hydrogens is 269 g/mol. The number of carbonyl (C=O) groups is 1. The van der Waals surface area contributed by atoms with Crippen LogP contribution in [0.1, 0.15) is 11.6 Å². The van der Waals surface area contributed by atoms with E-state index in [2.05, 4.69) is 5.32 Å². The Morgan fingerprint density at radius 3 is 2.47 bits per heavy atom. The van der Waals surface area contributed by atoms with Crippen molar-refractivity contribution >= 4 is 23.3 Å². The number of benzene rings is 2. The van der Waals surface area contributed by atoms with Crippen LogP contribution in [-0.2, 0) is 4.79 Å². The zero-order valence-electron chi connectivity index (χ0n) is 9.81. The van der Waals surface area contributed by atoms with Crippen LogP contribution in [0, 0.1) is 5.82 Å². The fourth-order valence-electron chi connectivity index (χ4n) is 1.70. The van der Waals surface area contributed by atoms with E-state index in [0.29, 0.717) is 11.3 Å². The number of carboxylic acids is 1. The van der Waals surface area contributed by atoms with Gasteiger partial charge in [-0.25, -0.2) is 9.18 Å². The molecule has 5 heteroatoms. The van der Waals surface area contributed by atoms with E-state index in [-0.39, 0.29) is 5.02 Å². The van der Waals surface area contributed by atoms with Crippen molar-refractivity contribution < 1.29 is 14.3 Å². The molecule has 0 aliphatic heterocycles. The molecule has 2 N–H and O–H groups in total. The van der Waals surface area contributed by atoms with Gasteiger partial charge in [0.15, 0.2) is 6.04 Å². The highest BCUT2D eigenvalue weighted by Gasteiger charge is 2.20. The Balaban J connectivity index is 2.29. The maximum atomic E-state index is 12.9. The number of nitrogens with one attached hydrogen (secondary N) is 1. The highest BCUT2D eigenvalue weighted by molar-refractivity contribution is 6.33. The average Bonchev–Trinajstić information content (AvgIpc) is 2.38. The molecule has 0 bridgehead atoms.